The standard InChI is InChI=1S/C21H36O9S2/c1-12(2)8-16(22)27-15-11-31-21(30-32(7,25)26)20(29-18(24)10-14(5)6)19(15)28-17(23)9-13(3)4/h12-15,19-21H,8-11H2,1-7H3/t15-,19+,20-,21-/m1/s1. The number of thioether (sulfide) groups is 1. The lowest BCUT2D eigenvalue weighted by atomic mass is 10.1. The molecule has 0 spiro atoms. The van der Waals surface area contributed by atoms with Crippen molar-refractivity contribution in [3.63, 3.8) is 0 Å². The average molecular weight is 497 g/mol. The van der Waals surface area contributed by atoms with Crippen molar-refractivity contribution in [1.82, 2.24) is 0 Å². The fraction of sp³-hybridized carbons (Fsp3) is 0.857. The maximum atomic E-state index is 12.5. The van der Waals surface area contributed by atoms with Crippen LogP contribution in [0.5, 0.6) is 0 Å². The summed E-state index contributed by atoms with van der Waals surface area (Å²) in [4.78, 5) is 37.2. The second kappa shape index (κ2) is 12.8. The third-order valence-electron chi connectivity index (χ3n) is 4.20. The molecule has 0 radical (unpaired) electrons. The molecule has 186 valence electrons. The van der Waals surface area contributed by atoms with E-state index in [1.54, 1.807) is 0 Å². The number of carbonyl (C=O) groups excluding carboxylic acids is 3. The predicted molar refractivity (Wildman–Crippen MR) is 120 cm³/mol. The fourth-order valence-electron chi connectivity index (χ4n) is 2.98. The third-order valence-corrected chi connectivity index (χ3v) is 6.09. The smallest absolute Gasteiger partial charge is 0.306 e. The van der Waals surface area contributed by atoms with Gasteiger partial charge in [-0.1, -0.05) is 41.5 Å². The van der Waals surface area contributed by atoms with Gasteiger partial charge in [0.2, 0.25) is 0 Å². The zero-order chi connectivity index (χ0) is 24.6. The minimum absolute atomic E-state index is 0.00497. The Morgan fingerprint density at radius 1 is 0.781 bits per heavy atom. The van der Waals surface area contributed by atoms with E-state index in [9.17, 15) is 22.8 Å². The SMILES string of the molecule is CC(C)CC(=O)O[C@@H]1[C@@H](OC(=O)CC(C)C)[C@H](OC(=O)CC(C)C)CS[C@H]1OS(C)(=O)=O. The van der Waals surface area contributed by atoms with Gasteiger partial charge in [0.1, 0.15) is 0 Å². The summed E-state index contributed by atoms with van der Waals surface area (Å²) in [5.41, 5.74) is -1.14. The molecule has 0 aliphatic carbocycles. The normalized spacial score (nSPS) is 23.9. The predicted octanol–water partition coefficient (Wildman–Crippen LogP) is 2.91. The molecule has 0 N–H and O–H groups in total. The first-order chi connectivity index (χ1) is 14.7. The Kier molecular flexibility index (Phi) is 11.5. The summed E-state index contributed by atoms with van der Waals surface area (Å²) < 4.78 is 45.4. The summed E-state index contributed by atoms with van der Waals surface area (Å²) in [6.07, 6.45) is -2.15. The van der Waals surface area contributed by atoms with E-state index in [0.717, 1.165) is 18.0 Å². The topological polar surface area (TPSA) is 122 Å². The molecule has 0 amide bonds. The Morgan fingerprint density at radius 2 is 1.19 bits per heavy atom. The highest BCUT2D eigenvalue weighted by molar-refractivity contribution is 8.00. The monoisotopic (exact) mass is 496 g/mol. The lowest BCUT2D eigenvalue weighted by Gasteiger charge is -2.40. The molecule has 1 saturated heterocycles. The third kappa shape index (κ3) is 11.0. The van der Waals surface area contributed by atoms with Crippen molar-refractivity contribution < 1.29 is 41.2 Å². The van der Waals surface area contributed by atoms with Crippen LogP contribution in [0.15, 0.2) is 0 Å². The van der Waals surface area contributed by atoms with Gasteiger partial charge in [0.25, 0.3) is 10.1 Å². The van der Waals surface area contributed by atoms with Crippen LogP contribution < -0.4 is 0 Å². The Labute approximate surface area is 195 Å². The molecule has 32 heavy (non-hydrogen) atoms. The largest absolute Gasteiger partial charge is 0.457 e. The maximum absolute atomic E-state index is 12.5. The van der Waals surface area contributed by atoms with Crippen LogP contribution >= 0.6 is 11.8 Å². The highest BCUT2D eigenvalue weighted by atomic mass is 32.2. The van der Waals surface area contributed by atoms with E-state index in [4.69, 9.17) is 18.4 Å². The summed E-state index contributed by atoms with van der Waals surface area (Å²) in [6.45, 7) is 11.1. The molecule has 1 rings (SSSR count). The van der Waals surface area contributed by atoms with Gasteiger partial charge in [0, 0.05) is 25.0 Å². The lowest BCUT2D eigenvalue weighted by molar-refractivity contribution is -0.190. The number of esters is 3. The Balaban J connectivity index is 3.23. The van der Waals surface area contributed by atoms with Crippen LogP contribution in [0.25, 0.3) is 0 Å². The van der Waals surface area contributed by atoms with Crippen LogP contribution in [0, 0.1) is 17.8 Å². The van der Waals surface area contributed by atoms with E-state index in [0.29, 0.717) is 0 Å². The molecule has 1 fully saturated rings. The van der Waals surface area contributed by atoms with Crippen LogP contribution in [0.4, 0.5) is 0 Å². The molecule has 0 saturated carbocycles. The molecule has 0 aromatic carbocycles. The van der Waals surface area contributed by atoms with E-state index in [-0.39, 0.29) is 42.8 Å². The van der Waals surface area contributed by atoms with Gasteiger partial charge in [0.15, 0.2) is 23.7 Å². The first-order valence-corrected chi connectivity index (χ1v) is 13.6. The average Bonchev–Trinajstić information content (AvgIpc) is 2.56. The van der Waals surface area contributed by atoms with E-state index in [1.165, 1.54) is 0 Å². The van der Waals surface area contributed by atoms with Gasteiger partial charge in [-0.05, 0) is 17.8 Å². The van der Waals surface area contributed by atoms with Gasteiger partial charge in [0.05, 0.1) is 6.26 Å². The minimum atomic E-state index is -3.90. The molecule has 0 unspecified atom stereocenters. The van der Waals surface area contributed by atoms with Gasteiger partial charge >= 0.3 is 17.9 Å². The van der Waals surface area contributed by atoms with Crippen molar-refractivity contribution in [1.29, 1.82) is 0 Å². The molecular weight excluding hydrogens is 460 g/mol. The number of hydrogen-bond acceptors (Lipinski definition) is 10. The first kappa shape index (κ1) is 28.7. The van der Waals surface area contributed by atoms with E-state index in [1.807, 2.05) is 41.5 Å². The van der Waals surface area contributed by atoms with Crippen molar-refractivity contribution in [2.24, 2.45) is 17.8 Å². The minimum Gasteiger partial charge on any atom is -0.457 e. The summed E-state index contributed by atoms with van der Waals surface area (Å²) >= 11 is 1.03. The molecular formula is C21H36O9S2. The molecule has 9 nitrogen and oxygen atoms in total. The second-order valence-electron chi connectivity index (χ2n) is 9.23. The van der Waals surface area contributed by atoms with Crippen LogP contribution in [-0.4, -0.2) is 62.1 Å². The number of carbonyl (C=O) groups is 3. The number of rotatable bonds is 11. The lowest BCUT2D eigenvalue weighted by Crippen LogP contribution is -2.55. The Bertz CT molecular complexity index is 746. The quantitative estimate of drug-likeness (QED) is 0.240. The molecule has 0 aromatic heterocycles. The van der Waals surface area contributed by atoms with Crippen molar-refractivity contribution in [2.45, 2.75) is 84.6 Å². The first-order valence-electron chi connectivity index (χ1n) is 10.8. The van der Waals surface area contributed by atoms with E-state index < -0.39 is 51.8 Å². The van der Waals surface area contributed by atoms with Gasteiger partial charge in [-0.3, -0.25) is 18.6 Å². The van der Waals surface area contributed by atoms with Crippen LogP contribution in [0.2, 0.25) is 0 Å². The molecule has 1 heterocycles. The van der Waals surface area contributed by atoms with Crippen molar-refractivity contribution in [3.05, 3.63) is 0 Å². The van der Waals surface area contributed by atoms with Gasteiger partial charge in [-0.25, -0.2) is 0 Å². The van der Waals surface area contributed by atoms with Crippen molar-refractivity contribution in [3.8, 4) is 0 Å². The highest BCUT2D eigenvalue weighted by Gasteiger charge is 2.49. The van der Waals surface area contributed by atoms with Gasteiger partial charge < -0.3 is 14.2 Å². The zero-order valence-electron chi connectivity index (χ0n) is 19.9. The Morgan fingerprint density at radius 3 is 1.59 bits per heavy atom. The highest BCUT2D eigenvalue weighted by Crippen LogP contribution is 2.35. The summed E-state index contributed by atoms with van der Waals surface area (Å²) in [6, 6.07) is 0. The maximum Gasteiger partial charge on any atom is 0.306 e. The molecule has 0 aromatic rings. The van der Waals surface area contributed by atoms with Gasteiger partial charge in [-0.2, -0.15) is 8.42 Å². The molecule has 1 aliphatic heterocycles. The molecule has 1 aliphatic rings. The fourth-order valence-corrected chi connectivity index (χ4v) is 5.13. The summed E-state index contributed by atoms with van der Waals surface area (Å²) in [5.74, 6) is -1.47. The molecule has 11 heteroatoms. The molecule has 4 atom stereocenters. The molecule has 0 bridgehead atoms. The van der Waals surface area contributed by atoms with Gasteiger partial charge in [-0.15, -0.1) is 11.8 Å². The van der Waals surface area contributed by atoms with Crippen molar-refractivity contribution >= 4 is 39.8 Å². The second-order valence-corrected chi connectivity index (χ2v) is 12.0. The van der Waals surface area contributed by atoms with E-state index >= 15 is 0 Å². The van der Waals surface area contributed by atoms with Crippen LogP contribution in [-0.2, 0) is 42.9 Å². The number of hydrogen-bond donors (Lipinski definition) is 0. The van der Waals surface area contributed by atoms with Crippen LogP contribution in [0.1, 0.15) is 60.8 Å². The zero-order valence-corrected chi connectivity index (χ0v) is 21.5. The summed E-state index contributed by atoms with van der Waals surface area (Å²) in [7, 11) is -3.90. The van der Waals surface area contributed by atoms with Crippen LogP contribution in [0.3, 0.4) is 0 Å². The summed E-state index contributed by atoms with van der Waals surface area (Å²) in [5, 5.41) is 0. The van der Waals surface area contributed by atoms with Crippen molar-refractivity contribution in [2.75, 3.05) is 12.0 Å². The number of ether oxygens (including phenoxy) is 3. The Hall–Kier alpha value is -1.33. The van der Waals surface area contributed by atoms with E-state index in [2.05, 4.69) is 0 Å².